The maximum Gasteiger partial charge on any atom is 0.416 e. The average molecular weight is 365 g/mol. The number of halogens is 3. The molecule has 2 rings (SSSR count). The van der Waals surface area contributed by atoms with E-state index >= 15 is 0 Å². The highest BCUT2D eigenvalue weighted by Gasteiger charge is 2.30. The molecule has 2 N–H and O–H groups in total. The number of hydrogen-bond donors (Lipinski definition) is 2. The Hall–Kier alpha value is -3.36. The molecule has 9 heteroatoms. The molecule has 0 unspecified atom stereocenters. The molecule has 2 aromatic carbocycles. The van der Waals surface area contributed by atoms with Crippen LogP contribution in [-0.2, 0) is 15.8 Å². The Morgan fingerprint density at radius 3 is 2.31 bits per heavy atom. The van der Waals surface area contributed by atoms with Crippen LogP contribution in [0.1, 0.15) is 11.1 Å². The number of benzene rings is 2. The fourth-order valence-electron chi connectivity index (χ4n) is 1.91. The highest BCUT2D eigenvalue weighted by molar-refractivity contribution is 6.39. The predicted octanol–water partition coefficient (Wildman–Crippen LogP) is 2.80. The van der Waals surface area contributed by atoms with E-state index in [0.29, 0.717) is 11.3 Å². The summed E-state index contributed by atoms with van der Waals surface area (Å²) in [6.45, 7) is 0. The van der Waals surface area contributed by atoms with Crippen LogP contribution in [0.3, 0.4) is 0 Å². The summed E-state index contributed by atoms with van der Waals surface area (Å²) >= 11 is 0. The smallest absolute Gasteiger partial charge is 0.416 e. The number of methoxy groups -OCH3 is 1. The first-order chi connectivity index (χ1) is 12.3. The van der Waals surface area contributed by atoms with Gasteiger partial charge in [-0.1, -0.05) is 12.1 Å². The van der Waals surface area contributed by atoms with Crippen LogP contribution in [0.2, 0.25) is 0 Å². The van der Waals surface area contributed by atoms with Gasteiger partial charge in [0, 0.05) is 11.3 Å². The van der Waals surface area contributed by atoms with Crippen LogP contribution in [0, 0.1) is 0 Å². The largest absolute Gasteiger partial charge is 0.496 e. The lowest BCUT2D eigenvalue weighted by molar-refractivity contribution is -0.137. The maximum absolute atomic E-state index is 12.5. The summed E-state index contributed by atoms with van der Waals surface area (Å²) in [4.78, 5) is 23.4. The van der Waals surface area contributed by atoms with Gasteiger partial charge in [-0.05, 0) is 36.4 Å². The van der Waals surface area contributed by atoms with Gasteiger partial charge in [0.1, 0.15) is 5.75 Å². The lowest BCUT2D eigenvalue weighted by Crippen LogP contribution is -2.32. The monoisotopic (exact) mass is 365 g/mol. The van der Waals surface area contributed by atoms with E-state index in [-0.39, 0.29) is 5.69 Å². The van der Waals surface area contributed by atoms with Crippen LogP contribution in [0.4, 0.5) is 18.9 Å². The van der Waals surface area contributed by atoms with E-state index in [1.165, 1.54) is 13.3 Å². The van der Waals surface area contributed by atoms with Crippen molar-refractivity contribution in [3.05, 3.63) is 59.7 Å². The second-order valence-corrected chi connectivity index (χ2v) is 4.97. The Labute approximate surface area is 146 Å². The van der Waals surface area contributed by atoms with Crippen molar-refractivity contribution in [3.63, 3.8) is 0 Å². The van der Waals surface area contributed by atoms with Crippen molar-refractivity contribution in [2.45, 2.75) is 6.18 Å². The lowest BCUT2D eigenvalue weighted by atomic mass is 10.2. The van der Waals surface area contributed by atoms with E-state index in [2.05, 4.69) is 10.4 Å². The molecule has 0 radical (unpaired) electrons. The van der Waals surface area contributed by atoms with E-state index in [0.717, 1.165) is 24.3 Å². The number of carbonyl (C=O) groups excluding carboxylic acids is 2. The first kappa shape index (κ1) is 19.0. The van der Waals surface area contributed by atoms with Gasteiger partial charge in [0.05, 0.1) is 18.9 Å². The molecule has 2 amide bonds. The van der Waals surface area contributed by atoms with Gasteiger partial charge >= 0.3 is 18.0 Å². The van der Waals surface area contributed by atoms with Gasteiger partial charge < -0.3 is 10.1 Å². The minimum absolute atomic E-state index is 0.0480. The number of carbonyl (C=O) groups is 2. The molecule has 0 aliphatic carbocycles. The molecule has 0 saturated carbocycles. The zero-order valence-electron chi connectivity index (χ0n) is 13.5. The van der Waals surface area contributed by atoms with Gasteiger partial charge in [0.15, 0.2) is 0 Å². The molecule has 2 aromatic rings. The van der Waals surface area contributed by atoms with Crippen molar-refractivity contribution < 1.29 is 27.5 Å². The van der Waals surface area contributed by atoms with Gasteiger partial charge in [-0.25, -0.2) is 5.43 Å². The van der Waals surface area contributed by atoms with E-state index in [4.69, 9.17) is 4.74 Å². The highest BCUT2D eigenvalue weighted by atomic mass is 19.4. The molecule has 0 aliphatic rings. The van der Waals surface area contributed by atoms with Crippen LogP contribution in [0.15, 0.2) is 53.6 Å². The van der Waals surface area contributed by atoms with Crippen LogP contribution in [0.25, 0.3) is 0 Å². The summed E-state index contributed by atoms with van der Waals surface area (Å²) in [6, 6.07) is 10.6. The molecule has 0 atom stereocenters. The number of amides is 2. The Balaban J connectivity index is 1.93. The predicted molar refractivity (Wildman–Crippen MR) is 88.8 cm³/mol. The number of ether oxygens (including phenoxy) is 1. The van der Waals surface area contributed by atoms with Crippen LogP contribution < -0.4 is 15.5 Å². The lowest BCUT2D eigenvalue weighted by Gasteiger charge is -2.08. The highest BCUT2D eigenvalue weighted by Crippen LogP contribution is 2.29. The first-order valence-corrected chi connectivity index (χ1v) is 7.26. The maximum atomic E-state index is 12.5. The van der Waals surface area contributed by atoms with E-state index < -0.39 is 23.6 Å². The third-order valence-corrected chi connectivity index (χ3v) is 3.18. The van der Waals surface area contributed by atoms with Gasteiger partial charge in [-0.2, -0.15) is 18.3 Å². The van der Waals surface area contributed by atoms with E-state index in [1.54, 1.807) is 24.3 Å². The molecule has 26 heavy (non-hydrogen) atoms. The van der Waals surface area contributed by atoms with Gasteiger partial charge in [0.2, 0.25) is 0 Å². The normalized spacial score (nSPS) is 11.2. The standard InChI is InChI=1S/C17H14F3N3O3/c1-26-14-5-3-2-4-11(14)10-21-23-16(25)15(24)22-13-8-6-12(7-9-13)17(18,19)20/h2-10H,1H3,(H,22,24)(H,23,25)/b21-10+. The Kier molecular flexibility index (Phi) is 5.94. The fraction of sp³-hybridized carbons (Fsp3) is 0.118. The van der Waals surface area contributed by atoms with Gasteiger partial charge in [0.25, 0.3) is 0 Å². The average Bonchev–Trinajstić information content (AvgIpc) is 2.61. The fourth-order valence-corrected chi connectivity index (χ4v) is 1.91. The SMILES string of the molecule is COc1ccccc1/C=N/NC(=O)C(=O)Nc1ccc(C(F)(F)F)cc1. The molecule has 0 aliphatic heterocycles. The minimum Gasteiger partial charge on any atom is -0.496 e. The number of nitrogens with one attached hydrogen (secondary N) is 2. The van der Waals surface area contributed by atoms with Crippen molar-refractivity contribution in [1.82, 2.24) is 5.43 Å². The van der Waals surface area contributed by atoms with Gasteiger partial charge in [-0.3, -0.25) is 9.59 Å². The van der Waals surface area contributed by atoms with Crippen molar-refractivity contribution in [2.24, 2.45) is 5.10 Å². The number of rotatable bonds is 4. The third-order valence-electron chi connectivity index (χ3n) is 3.18. The zero-order chi connectivity index (χ0) is 19.2. The molecule has 0 spiro atoms. The van der Waals surface area contributed by atoms with Crippen molar-refractivity contribution in [1.29, 1.82) is 0 Å². The minimum atomic E-state index is -4.48. The van der Waals surface area contributed by atoms with E-state index in [9.17, 15) is 22.8 Å². The summed E-state index contributed by atoms with van der Waals surface area (Å²) < 4.78 is 42.5. The zero-order valence-corrected chi connectivity index (χ0v) is 13.5. The van der Waals surface area contributed by atoms with Crippen LogP contribution >= 0.6 is 0 Å². The molecule has 0 fully saturated rings. The molecule has 136 valence electrons. The number of hydrazone groups is 1. The summed E-state index contributed by atoms with van der Waals surface area (Å²) in [5.74, 6) is -1.61. The summed E-state index contributed by atoms with van der Waals surface area (Å²) in [5.41, 5.74) is 1.79. The van der Waals surface area contributed by atoms with Gasteiger partial charge in [-0.15, -0.1) is 0 Å². The molecule has 0 heterocycles. The summed E-state index contributed by atoms with van der Waals surface area (Å²) in [5, 5.41) is 5.82. The van der Waals surface area contributed by atoms with Crippen molar-refractivity contribution in [2.75, 3.05) is 12.4 Å². The molecular formula is C17H14F3N3O3. The number of anilines is 1. The second-order valence-electron chi connectivity index (χ2n) is 4.97. The molecule has 0 bridgehead atoms. The molecule has 0 saturated heterocycles. The molecular weight excluding hydrogens is 351 g/mol. The number of nitrogens with zero attached hydrogens (tertiary/aromatic N) is 1. The Bertz CT molecular complexity index is 818. The Morgan fingerprint density at radius 1 is 1.04 bits per heavy atom. The Morgan fingerprint density at radius 2 is 1.69 bits per heavy atom. The van der Waals surface area contributed by atoms with Crippen molar-refractivity contribution >= 4 is 23.7 Å². The summed E-state index contributed by atoms with van der Waals surface area (Å²) in [6.07, 6.45) is -3.19. The molecule has 6 nitrogen and oxygen atoms in total. The van der Waals surface area contributed by atoms with Crippen LogP contribution in [0.5, 0.6) is 5.75 Å². The number of alkyl halides is 3. The molecule has 0 aromatic heterocycles. The topological polar surface area (TPSA) is 79.8 Å². The second kappa shape index (κ2) is 8.15. The quantitative estimate of drug-likeness (QED) is 0.497. The number of hydrogen-bond acceptors (Lipinski definition) is 4. The number of para-hydroxylation sites is 1. The van der Waals surface area contributed by atoms with Crippen LogP contribution in [-0.4, -0.2) is 25.1 Å². The summed E-state index contributed by atoms with van der Waals surface area (Å²) in [7, 11) is 1.47. The van der Waals surface area contributed by atoms with Crippen molar-refractivity contribution in [3.8, 4) is 5.75 Å². The van der Waals surface area contributed by atoms with E-state index in [1.807, 2.05) is 5.43 Å². The first-order valence-electron chi connectivity index (χ1n) is 7.26. The third kappa shape index (κ3) is 5.07.